The van der Waals surface area contributed by atoms with Gasteiger partial charge in [-0.1, -0.05) is 29.8 Å². The predicted octanol–water partition coefficient (Wildman–Crippen LogP) is 2.80. The molecule has 0 fully saturated rings. The summed E-state index contributed by atoms with van der Waals surface area (Å²) in [6.45, 7) is 1.20. The highest BCUT2D eigenvalue weighted by atomic mass is 35.5. The summed E-state index contributed by atoms with van der Waals surface area (Å²) in [6, 6.07) is 9.30. The summed E-state index contributed by atoms with van der Waals surface area (Å²) in [4.78, 5) is -0.445. The minimum atomic E-state index is -4.10. The normalized spacial score (nSPS) is 13.1. The Morgan fingerprint density at radius 3 is 2.45 bits per heavy atom. The Kier molecular flexibility index (Phi) is 5.18. The van der Waals surface area contributed by atoms with Crippen molar-refractivity contribution in [1.29, 1.82) is 0 Å². The molecule has 0 saturated carbocycles. The molecule has 0 aliphatic carbocycles. The average Bonchev–Trinajstić information content (AvgIpc) is 2.48. The molecule has 118 valence electrons. The zero-order chi connectivity index (χ0) is 16.3. The molecule has 2 rings (SSSR count). The summed E-state index contributed by atoms with van der Waals surface area (Å²) in [5.41, 5.74) is 1.15. The van der Waals surface area contributed by atoms with Gasteiger partial charge in [-0.05, 0) is 42.3 Å². The number of aliphatic hydroxyl groups excluding tert-OH is 1. The molecule has 0 heterocycles. The monoisotopic (exact) mass is 343 g/mol. The van der Waals surface area contributed by atoms with Crippen LogP contribution in [0, 0.1) is 12.7 Å². The van der Waals surface area contributed by atoms with Crippen LogP contribution in [-0.2, 0) is 10.0 Å². The molecular weight excluding hydrogens is 329 g/mol. The Morgan fingerprint density at radius 2 is 1.86 bits per heavy atom. The number of sulfonamides is 1. The highest BCUT2D eigenvalue weighted by Crippen LogP contribution is 2.21. The van der Waals surface area contributed by atoms with Crippen LogP contribution in [0.25, 0.3) is 0 Å². The van der Waals surface area contributed by atoms with Gasteiger partial charge >= 0.3 is 0 Å². The molecule has 7 heteroatoms. The van der Waals surface area contributed by atoms with E-state index in [0.29, 0.717) is 16.1 Å². The van der Waals surface area contributed by atoms with E-state index in [9.17, 15) is 17.9 Å². The highest BCUT2D eigenvalue weighted by molar-refractivity contribution is 7.89. The lowest BCUT2D eigenvalue weighted by Gasteiger charge is -2.17. The first-order chi connectivity index (χ1) is 10.3. The van der Waals surface area contributed by atoms with E-state index in [-0.39, 0.29) is 0 Å². The first-order valence-electron chi connectivity index (χ1n) is 6.48. The van der Waals surface area contributed by atoms with Crippen LogP contribution in [-0.4, -0.2) is 20.1 Å². The molecular formula is C15H15ClFNO3S. The van der Waals surface area contributed by atoms with Crippen LogP contribution in [0.1, 0.15) is 17.2 Å². The largest absolute Gasteiger partial charge is 0.394 e. The minimum Gasteiger partial charge on any atom is -0.394 e. The zero-order valence-corrected chi connectivity index (χ0v) is 13.3. The van der Waals surface area contributed by atoms with Gasteiger partial charge in [-0.2, -0.15) is 0 Å². The summed E-state index contributed by atoms with van der Waals surface area (Å²) in [5.74, 6) is -0.842. The fourth-order valence-corrected chi connectivity index (χ4v) is 3.48. The van der Waals surface area contributed by atoms with Crippen LogP contribution >= 0.6 is 11.6 Å². The number of rotatable bonds is 5. The smallest absolute Gasteiger partial charge is 0.244 e. The van der Waals surface area contributed by atoms with Gasteiger partial charge in [0.25, 0.3) is 0 Å². The maximum Gasteiger partial charge on any atom is 0.244 e. The van der Waals surface area contributed by atoms with Crippen molar-refractivity contribution in [3.8, 4) is 0 Å². The number of aryl methyl sites for hydroxylation is 1. The molecule has 22 heavy (non-hydrogen) atoms. The molecule has 2 N–H and O–H groups in total. The quantitative estimate of drug-likeness (QED) is 0.877. The van der Waals surface area contributed by atoms with Gasteiger partial charge in [0.05, 0.1) is 12.6 Å². The fraction of sp³-hybridized carbons (Fsp3) is 0.200. The summed E-state index contributed by atoms with van der Waals surface area (Å²) in [5, 5.41) is 9.92. The van der Waals surface area contributed by atoms with Crippen LogP contribution in [0.5, 0.6) is 0 Å². The third kappa shape index (κ3) is 3.84. The molecule has 1 atom stereocenters. The van der Waals surface area contributed by atoms with E-state index in [1.54, 1.807) is 31.2 Å². The van der Waals surface area contributed by atoms with Gasteiger partial charge in [0.1, 0.15) is 10.7 Å². The van der Waals surface area contributed by atoms with Crippen molar-refractivity contribution < 1.29 is 17.9 Å². The van der Waals surface area contributed by atoms with Gasteiger partial charge in [-0.25, -0.2) is 17.5 Å². The van der Waals surface area contributed by atoms with Crippen LogP contribution in [0.15, 0.2) is 47.4 Å². The van der Waals surface area contributed by atoms with Crippen molar-refractivity contribution in [2.75, 3.05) is 6.61 Å². The molecule has 0 aliphatic heterocycles. The molecule has 0 radical (unpaired) electrons. The molecule has 0 aliphatic rings. The lowest BCUT2D eigenvalue weighted by molar-refractivity contribution is 0.258. The van der Waals surface area contributed by atoms with Crippen molar-refractivity contribution >= 4 is 21.6 Å². The van der Waals surface area contributed by atoms with Crippen molar-refractivity contribution in [1.82, 2.24) is 4.72 Å². The van der Waals surface area contributed by atoms with Gasteiger partial charge in [0.15, 0.2) is 0 Å². The SMILES string of the molecule is Cc1ccc(F)c(S(=O)(=O)NC(CO)c2ccc(Cl)cc2)c1. The predicted molar refractivity (Wildman–Crippen MR) is 82.7 cm³/mol. The molecule has 4 nitrogen and oxygen atoms in total. The summed E-state index contributed by atoms with van der Waals surface area (Å²) in [6.07, 6.45) is 0. The first-order valence-corrected chi connectivity index (χ1v) is 8.34. The van der Waals surface area contributed by atoms with Gasteiger partial charge in [-0.15, -0.1) is 0 Å². The van der Waals surface area contributed by atoms with E-state index in [0.717, 1.165) is 6.07 Å². The Balaban J connectivity index is 2.33. The van der Waals surface area contributed by atoms with E-state index in [4.69, 9.17) is 11.6 Å². The van der Waals surface area contributed by atoms with Crippen molar-refractivity contribution in [3.05, 3.63) is 64.4 Å². The maximum absolute atomic E-state index is 13.8. The van der Waals surface area contributed by atoms with Crippen molar-refractivity contribution in [2.24, 2.45) is 0 Å². The van der Waals surface area contributed by atoms with E-state index < -0.39 is 33.4 Å². The molecule has 1 unspecified atom stereocenters. The number of benzene rings is 2. The van der Waals surface area contributed by atoms with Crippen LogP contribution in [0.4, 0.5) is 4.39 Å². The highest BCUT2D eigenvalue weighted by Gasteiger charge is 2.24. The lowest BCUT2D eigenvalue weighted by Crippen LogP contribution is -2.31. The Hall–Kier alpha value is -1.47. The number of aliphatic hydroxyl groups is 1. The summed E-state index contributed by atoms with van der Waals surface area (Å²) in [7, 11) is -4.10. The van der Waals surface area contributed by atoms with Gasteiger partial charge in [0, 0.05) is 5.02 Å². The van der Waals surface area contributed by atoms with Gasteiger partial charge in [0.2, 0.25) is 10.0 Å². The standard InChI is InChI=1S/C15H15ClFNO3S/c1-10-2-7-13(17)15(8-10)22(20,21)18-14(9-19)11-3-5-12(16)6-4-11/h2-8,14,18-19H,9H2,1H3. The van der Waals surface area contributed by atoms with Crippen LogP contribution < -0.4 is 4.72 Å². The molecule has 2 aromatic carbocycles. The minimum absolute atomic E-state index is 0.445. The second kappa shape index (κ2) is 6.75. The maximum atomic E-state index is 13.8. The third-order valence-corrected chi connectivity index (χ3v) is 4.87. The van der Waals surface area contributed by atoms with Crippen molar-refractivity contribution in [2.45, 2.75) is 17.9 Å². The van der Waals surface area contributed by atoms with Crippen LogP contribution in [0.2, 0.25) is 5.02 Å². The average molecular weight is 344 g/mol. The number of halogens is 2. The Bertz CT molecular complexity index is 763. The van der Waals surface area contributed by atoms with Crippen molar-refractivity contribution in [3.63, 3.8) is 0 Å². The van der Waals surface area contributed by atoms with Crippen LogP contribution in [0.3, 0.4) is 0 Å². The Morgan fingerprint density at radius 1 is 1.23 bits per heavy atom. The van der Waals surface area contributed by atoms with E-state index in [2.05, 4.69) is 4.72 Å². The van der Waals surface area contributed by atoms with E-state index >= 15 is 0 Å². The topological polar surface area (TPSA) is 66.4 Å². The lowest BCUT2D eigenvalue weighted by atomic mass is 10.1. The van der Waals surface area contributed by atoms with Gasteiger partial charge < -0.3 is 5.11 Å². The number of hydrogen-bond acceptors (Lipinski definition) is 3. The number of nitrogens with one attached hydrogen (secondary N) is 1. The fourth-order valence-electron chi connectivity index (χ4n) is 1.97. The second-order valence-corrected chi connectivity index (χ2v) is 6.96. The first kappa shape index (κ1) is 16.9. The van der Waals surface area contributed by atoms with E-state index in [1.807, 2.05) is 0 Å². The van der Waals surface area contributed by atoms with E-state index in [1.165, 1.54) is 12.1 Å². The second-order valence-electron chi connectivity index (χ2n) is 4.84. The molecule has 0 aromatic heterocycles. The zero-order valence-electron chi connectivity index (χ0n) is 11.8. The molecule has 0 amide bonds. The number of hydrogen-bond donors (Lipinski definition) is 2. The Labute approximate surface area is 133 Å². The van der Waals surface area contributed by atoms with Gasteiger partial charge in [-0.3, -0.25) is 0 Å². The summed E-state index contributed by atoms with van der Waals surface area (Å²) >= 11 is 5.78. The molecule has 0 bridgehead atoms. The molecule has 2 aromatic rings. The summed E-state index contributed by atoms with van der Waals surface area (Å²) < 4.78 is 40.7. The third-order valence-electron chi connectivity index (χ3n) is 3.13. The molecule has 0 spiro atoms. The molecule has 0 saturated heterocycles.